The SMILES string of the molecule is CCCNc1ccncc1C(=O)NC(C)c1cn[nH]c1. The maximum Gasteiger partial charge on any atom is 0.255 e. The Morgan fingerprint density at radius 3 is 3.00 bits per heavy atom. The molecule has 0 spiro atoms. The summed E-state index contributed by atoms with van der Waals surface area (Å²) in [5.41, 5.74) is 2.29. The number of anilines is 1. The zero-order chi connectivity index (χ0) is 14.4. The van der Waals surface area contributed by atoms with Crippen molar-refractivity contribution in [3.05, 3.63) is 42.0 Å². The third-order valence-electron chi connectivity index (χ3n) is 3.00. The first-order valence-electron chi connectivity index (χ1n) is 6.69. The summed E-state index contributed by atoms with van der Waals surface area (Å²) in [5.74, 6) is -0.148. The number of carbonyl (C=O) groups excluding carboxylic acids is 1. The summed E-state index contributed by atoms with van der Waals surface area (Å²) < 4.78 is 0. The van der Waals surface area contributed by atoms with E-state index in [1.54, 1.807) is 24.8 Å². The summed E-state index contributed by atoms with van der Waals surface area (Å²) in [6, 6.07) is 1.70. The molecule has 6 heteroatoms. The molecule has 0 aromatic carbocycles. The lowest BCUT2D eigenvalue weighted by molar-refractivity contribution is 0.0940. The van der Waals surface area contributed by atoms with Gasteiger partial charge >= 0.3 is 0 Å². The molecule has 0 aliphatic heterocycles. The molecule has 2 rings (SSSR count). The van der Waals surface area contributed by atoms with Crippen LogP contribution in [-0.2, 0) is 0 Å². The van der Waals surface area contributed by atoms with E-state index in [1.165, 1.54) is 0 Å². The van der Waals surface area contributed by atoms with Gasteiger partial charge in [-0.2, -0.15) is 5.10 Å². The van der Waals surface area contributed by atoms with E-state index in [0.29, 0.717) is 5.56 Å². The van der Waals surface area contributed by atoms with E-state index < -0.39 is 0 Å². The molecular formula is C14H19N5O. The number of hydrogen-bond donors (Lipinski definition) is 3. The molecule has 6 nitrogen and oxygen atoms in total. The van der Waals surface area contributed by atoms with Crippen LogP contribution >= 0.6 is 0 Å². The summed E-state index contributed by atoms with van der Waals surface area (Å²) in [6.07, 6.45) is 7.72. The highest BCUT2D eigenvalue weighted by molar-refractivity contribution is 5.99. The molecule has 3 N–H and O–H groups in total. The van der Waals surface area contributed by atoms with Crippen LogP contribution in [0.25, 0.3) is 0 Å². The lowest BCUT2D eigenvalue weighted by Crippen LogP contribution is -2.27. The molecule has 2 aromatic heterocycles. The molecule has 1 unspecified atom stereocenters. The molecule has 0 bridgehead atoms. The van der Waals surface area contributed by atoms with Crippen LogP contribution in [0.5, 0.6) is 0 Å². The van der Waals surface area contributed by atoms with E-state index in [4.69, 9.17) is 0 Å². The Morgan fingerprint density at radius 1 is 1.45 bits per heavy atom. The quantitative estimate of drug-likeness (QED) is 0.753. The summed E-state index contributed by atoms with van der Waals surface area (Å²) >= 11 is 0. The van der Waals surface area contributed by atoms with E-state index in [2.05, 4.69) is 32.7 Å². The van der Waals surface area contributed by atoms with Crippen molar-refractivity contribution in [3.63, 3.8) is 0 Å². The standard InChI is InChI=1S/C14H19N5O/c1-3-5-16-13-4-6-15-9-12(13)14(20)19-10(2)11-7-17-18-8-11/h4,6-10H,3,5H2,1-2H3,(H,15,16)(H,17,18)(H,19,20). The van der Waals surface area contributed by atoms with Crippen LogP contribution in [0.1, 0.15) is 42.2 Å². The van der Waals surface area contributed by atoms with Gasteiger partial charge in [0.2, 0.25) is 0 Å². The Labute approximate surface area is 118 Å². The highest BCUT2D eigenvalue weighted by Gasteiger charge is 2.15. The van der Waals surface area contributed by atoms with Crippen LogP contribution in [0.4, 0.5) is 5.69 Å². The van der Waals surface area contributed by atoms with E-state index in [1.807, 2.05) is 13.0 Å². The summed E-state index contributed by atoms with van der Waals surface area (Å²) in [7, 11) is 0. The fourth-order valence-electron chi connectivity index (χ4n) is 1.84. The highest BCUT2D eigenvalue weighted by Crippen LogP contribution is 2.16. The minimum atomic E-state index is -0.148. The van der Waals surface area contributed by atoms with Gasteiger partial charge in [-0.15, -0.1) is 0 Å². The lowest BCUT2D eigenvalue weighted by Gasteiger charge is -2.14. The molecule has 0 aliphatic carbocycles. The number of nitrogens with one attached hydrogen (secondary N) is 3. The van der Waals surface area contributed by atoms with Gasteiger partial charge in [0.25, 0.3) is 5.91 Å². The molecule has 1 amide bonds. The average Bonchev–Trinajstić information content (AvgIpc) is 2.99. The Kier molecular flexibility index (Phi) is 4.70. The number of pyridine rings is 1. The van der Waals surface area contributed by atoms with Crippen molar-refractivity contribution >= 4 is 11.6 Å². The maximum atomic E-state index is 12.3. The number of amides is 1. The summed E-state index contributed by atoms with van der Waals surface area (Å²) in [6.45, 7) is 4.81. The largest absolute Gasteiger partial charge is 0.384 e. The smallest absolute Gasteiger partial charge is 0.255 e. The second-order valence-electron chi connectivity index (χ2n) is 4.57. The van der Waals surface area contributed by atoms with Crippen molar-refractivity contribution in [2.75, 3.05) is 11.9 Å². The predicted octanol–water partition coefficient (Wildman–Crippen LogP) is 2.12. The molecule has 0 fully saturated rings. The molecule has 0 radical (unpaired) electrons. The van der Waals surface area contributed by atoms with Gasteiger partial charge in [0.1, 0.15) is 0 Å². The molecule has 0 saturated carbocycles. The topological polar surface area (TPSA) is 82.7 Å². The minimum Gasteiger partial charge on any atom is -0.384 e. The zero-order valence-electron chi connectivity index (χ0n) is 11.7. The number of H-pyrrole nitrogens is 1. The molecule has 0 aliphatic rings. The highest BCUT2D eigenvalue weighted by atomic mass is 16.1. The van der Waals surface area contributed by atoms with Crippen LogP contribution in [0.3, 0.4) is 0 Å². The Hall–Kier alpha value is -2.37. The second kappa shape index (κ2) is 6.70. The van der Waals surface area contributed by atoms with E-state index in [9.17, 15) is 4.79 Å². The van der Waals surface area contributed by atoms with Crippen molar-refractivity contribution in [2.45, 2.75) is 26.3 Å². The fourth-order valence-corrected chi connectivity index (χ4v) is 1.84. The van der Waals surface area contributed by atoms with E-state index in [0.717, 1.165) is 24.2 Å². The van der Waals surface area contributed by atoms with Crippen molar-refractivity contribution in [1.29, 1.82) is 0 Å². The van der Waals surface area contributed by atoms with Gasteiger partial charge in [0.15, 0.2) is 0 Å². The molecule has 0 saturated heterocycles. The van der Waals surface area contributed by atoms with Crippen LogP contribution < -0.4 is 10.6 Å². The second-order valence-corrected chi connectivity index (χ2v) is 4.57. The normalized spacial score (nSPS) is 11.9. The fraction of sp³-hybridized carbons (Fsp3) is 0.357. The molecule has 1 atom stereocenters. The lowest BCUT2D eigenvalue weighted by atomic mass is 10.1. The maximum absolute atomic E-state index is 12.3. The van der Waals surface area contributed by atoms with Gasteiger partial charge in [-0.05, 0) is 19.4 Å². The van der Waals surface area contributed by atoms with Gasteiger partial charge < -0.3 is 10.6 Å². The Bertz CT molecular complexity index is 552. The number of aromatic amines is 1. The van der Waals surface area contributed by atoms with Crippen LogP contribution in [0, 0.1) is 0 Å². The van der Waals surface area contributed by atoms with Crippen LogP contribution in [0.15, 0.2) is 30.9 Å². The molecule has 106 valence electrons. The first-order chi connectivity index (χ1) is 9.72. The first kappa shape index (κ1) is 14.0. The summed E-state index contributed by atoms with van der Waals surface area (Å²) in [5, 5.41) is 12.8. The Morgan fingerprint density at radius 2 is 2.30 bits per heavy atom. The van der Waals surface area contributed by atoms with Crippen molar-refractivity contribution in [1.82, 2.24) is 20.5 Å². The van der Waals surface area contributed by atoms with E-state index >= 15 is 0 Å². The van der Waals surface area contributed by atoms with Crippen molar-refractivity contribution < 1.29 is 4.79 Å². The Balaban J connectivity index is 2.09. The van der Waals surface area contributed by atoms with Gasteiger partial charge in [0.05, 0.1) is 23.5 Å². The number of rotatable bonds is 6. The zero-order valence-corrected chi connectivity index (χ0v) is 11.7. The molecule has 20 heavy (non-hydrogen) atoms. The number of aromatic nitrogens is 3. The molecule has 2 heterocycles. The van der Waals surface area contributed by atoms with Gasteiger partial charge in [0, 0.05) is 30.7 Å². The van der Waals surface area contributed by atoms with Crippen LogP contribution in [0.2, 0.25) is 0 Å². The monoisotopic (exact) mass is 273 g/mol. The van der Waals surface area contributed by atoms with Crippen LogP contribution in [-0.4, -0.2) is 27.6 Å². The third kappa shape index (κ3) is 3.34. The van der Waals surface area contributed by atoms with Gasteiger partial charge in [-0.3, -0.25) is 14.9 Å². The van der Waals surface area contributed by atoms with E-state index in [-0.39, 0.29) is 11.9 Å². The summed E-state index contributed by atoms with van der Waals surface area (Å²) in [4.78, 5) is 16.3. The first-order valence-corrected chi connectivity index (χ1v) is 6.69. The van der Waals surface area contributed by atoms with Gasteiger partial charge in [-0.1, -0.05) is 6.92 Å². The average molecular weight is 273 g/mol. The minimum absolute atomic E-state index is 0.111. The molecular weight excluding hydrogens is 254 g/mol. The van der Waals surface area contributed by atoms with Crippen molar-refractivity contribution in [3.8, 4) is 0 Å². The predicted molar refractivity (Wildman–Crippen MR) is 77.5 cm³/mol. The third-order valence-corrected chi connectivity index (χ3v) is 3.00. The van der Waals surface area contributed by atoms with Gasteiger partial charge in [-0.25, -0.2) is 0 Å². The van der Waals surface area contributed by atoms with Crippen molar-refractivity contribution in [2.24, 2.45) is 0 Å². The number of hydrogen-bond acceptors (Lipinski definition) is 4. The number of carbonyl (C=O) groups is 1. The molecule has 2 aromatic rings. The number of nitrogens with zero attached hydrogens (tertiary/aromatic N) is 2.